The van der Waals surface area contributed by atoms with Crippen LogP contribution in [0.5, 0.6) is 0 Å². The second-order valence-corrected chi connectivity index (χ2v) is 5.28. The van der Waals surface area contributed by atoms with Gasteiger partial charge in [-0.15, -0.1) is 0 Å². The van der Waals surface area contributed by atoms with Gasteiger partial charge in [-0.1, -0.05) is 45.2 Å². The molecule has 0 atom stereocenters. The number of halogens is 1. The standard InChI is InChI=1S/C13H23ClN4/c1-4-5-6-7-16-13-11(15)12(14)17-10(18-13)8-9(2)3/h9H,4-8,15H2,1-3H3,(H,16,17,18). The molecule has 0 saturated heterocycles. The average molecular weight is 271 g/mol. The van der Waals surface area contributed by atoms with E-state index < -0.39 is 0 Å². The molecule has 1 heterocycles. The Morgan fingerprint density at radius 3 is 2.61 bits per heavy atom. The number of aromatic nitrogens is 2. The Morgan fingerprint density at radius 1 is 1.28 bits per heavy atom. The SMILES string of the molecule is CCCCCNc1nc(CC(C)C)nc(Cl)c1N. The lowest BCUT2D eigenvalue weighted by atomic mass is 10.1. The number of nitrogens with zero attached hydrogens (tertiary/aromatic N) is 2. The number of anilines is 2. The Labute approximate surface area is 114 Å². The highest BCUT2D eigenvalue weighted by Crippen LogP contribution is 2.24. The monoisotopic (exact) mass is 270 g/mol. The highest BCUT2D eigenvalue weighted by molar-refractivity contribution is 6.32. The molecule has 4 nitrogen and oxygen atoms in total. The third-order valence-electron chi connectivity index (χ3n) is 2.61. The highest BCUT2D eigenvalue weighted by atomic mass is 35.5. The van der Waals surface area contributed by atoms with Crippen LogP contribution in [0.3, 0.4) is 0 Å². The summed E-state index contributed by atoms with van der Waals surface area (Å²) < 4.78 is 0. The fourth-order valence-electron chi connectivity index (χ4n) is 1.66. The first kappa shape index (κ1) is 15.0. The molecule has 102 valence electrons. The lowest BCUT2D eigenvalue weighted by molar-refractivity contribution is 0.621. The molecule has 0 fully saturated rings. The van der Waals surface area contributed by atoms with Gasteiger partial charge in [0.05, 0.1) is 0 Å². The van der Waals surface area contributed by atoms with Crippen LogP contribution in [0.4, 0.5) is 11.5 Å². The maximum Gasteiger partial charge on any atom is 0.157 e. The average Bonchev–Trinajstić information content (AvgIpc) is 2.29. The summed E-state index contributed by atoms with van der Waals surface area (Å²) in [5.74, 6) is 1.92. The minimum atomic E-state index is 0.346. The lowest BCUT2D eigenvalue weighted by Crippen LogP contribution is -2.11. The number of nitrogens with one attached hydrogen (secondary N) is 1. The third kappa shape index (κ3) is 4.69. The molecule has 0 amide bonds. The summed E-state index contributed by atoms with van der Waals surface area (Å²) in [6.07, 6.45) is 4.31. The van der Waals surface area contributed by atoms with E-state index in [-0.39, 0.29) is 0 Å². The number of unbranched alkanes of at least 4 members (excludes halogenated alkanes) is 2. The molecule has 0 saturated carbocycles. The van der Waals surface area contributed by atoms with E-state index in [1.807, 2.05) is 0 Å². The first-order chi connectivity index (χ1) is 8.54. The number of nitrogen functional groups attached to an aromatic ring is 1. The van der Waals surface area contributed by atoms with Gasteiger partial charge in [0.2, 0.25) is 0 Å². The quantitative estimate of drug-likeness (QED) is 0.588. The van der Waals surface area contributed by atoms with Crippen LogP contribution in [-0.4, -0.2) is 16.5 Å². The van der Waals surface area contributed by atoms with Gasteiger partial charge >= 0.3 is 0 Å². The summed E-state index contributed by atoms with van der Waals surface area (Å²) in [5.41, 5.74) is 6.32. The third-order valence-corrected chi connectivity index (χ3v) is 2.90. The van der Waals surface area contributed by atoms with E-state index in [1.165, 1.54) is 12.8 Å². The number of rotatable bonds is 7. The molecular formula is C13H23ClN4. The maximum atomic E-state index is 6.03. The molecule has 0 aliphatic carbocycles. The molecule has 0 aliphatic heterocycles. The summed E-state index contributed by atoms with van der Waals surface area (Å²) >= 11 is 6.03. The highest BCUT2D eigenvalue weighted by Gasteiger charge is 2.10. The van der Waals surface area contributed by atoms with Crippen LogP contribution in [0.1, 0.15) is 45.9 Å². The zero-order valence-corrected chi connectivity index (χ0v) is 12.2. The molecule has 0 bridgehead atoms. The maximum absolute atomic E-state index is 6.03. The molecule has 0 unspecified atom stereocenters. The lowest BCUT2D eigenvalue weighted by Gasteiger charge is -2.11. The van der Waals surface area contributed by atoms with Crippen molar-refractivity contribution < 1.29 is 0 Å². The summed E-state index contributed by atoms with van der Waals surface area (Å²) in [5, 5.41) is 3.59. The molecule has 5 heteroatoms. The van der Waals surface area contributed by atoms with Gasteiger partial charge in [0, 0.05) is 13.0 Å². The van der Waals surface area contributed by atoms with E-state index in [2.05, 4.69) is 36.1 Å². The van der Waals surface area contributed by atoms with E-state index >= 15 is 0 Å². The van der Waals surface area contributed by atoms with Crippen LogP contribution in [0.2, 0.25) is 5.15 Å². The van der Waals surface area contributed by atoms with Crippen LogP contribution >= 0.6 is 11.6 Å². The van der Waals surface area contributed by atoms with Gasteiger partial charge < -0.3 is 11.1 Å². The Kier molecular flexibility index (Phi) is 6.19. The molecule has 0 aliphatic rings. The smallest absolute Gasteiger partial charge is 0.157 e. The Morgan fingerprint density at radius 2 is 2.00 bits per heavy atom. The van der Waals surface area contributed by atoms with Crippen LogP contribution in [-0.2, 0) is 6.42 Å². The van der Waals surface area contributed by atoms with Crippen LogP contribution < -0.4 is 11.1 Å². The van der Waals surface area contributed by atoms with Gasteiger partial charge in [-0.3, -0.25) is 0 Å². The fraction of sp³-hybridized carbons (Fsp3) is 0.692. The van der Waals surface area contributed by atoms with Gasteiger partial charge in [0.25, 0.3) is 0 Å². The van der Waals surface area contributed by atoms with Gasteiger partial charge in [-0.05, 0) is 12.3 Å². The van der Waals surface area contributed by atoms with Crippen molar-refractivity contribution >= 4 is 23.1 Å². The fourth-order valence-corrected chi connectivity index (χ4v) is 1.85. The molecule has 0 spiro atoms. The van der Waals surface area contributed by atoms with Gasteiger partial charge in [-0.25, -0.2) is 9.97 Å². The zero-order valence-electron chi connectivity index (χ0n) is 11.5. The van der Waals surface area contributed by atoms with E-state index in [4.69, 9.17) is 17.3 Å². The first-order valence-corrected chi connectivity index (χ1v) is 6.98. The minimum Gasteiger partial charge on any atom is -0.393 e. The van der Waals surface area contributed by atoms with E-state index in [0.29, 0.717) is 22.6 Å². The molecule has 18 heavy (non-hydrogen) atoms. The molecule has 1 aromatic heterocycles. The van der Waals surface area contributed by atoms with Crippen LogP contribution in [0.15, 0.2) is 0 Å². The normalized spacial score (nSPS) is 10.9. The summed E-state index contributed by atoms with van der Waals surface area (Å²) in [4.78, 5) is 8.65. The molecule has 1 rings (SSSR count). The number of nitrogens with two attached hydrogens (primary N) is 1. The van der Waals surface area contributed by atoms with Crippen LogP contribution in [0.25, 0.3) is 0 Å². The zero-order chi connectivity index (χ0) is 13.5. The van der Waals surface area contributed by atoms with E-state index in [0.717, 1.165) is 25.2 Å². The van der Waals surface area contributed by atoms with Gasteiger partial charge in [0.15, 0.2) is 11.0 Å². The molecular weight excluding hydrogens is 248 g/mol. The summed E-state index contributed by atoms with van der Waals surface area (Å²) in [6.45, 7) is 7.30. The summed E-state index contributed by atoms with van der Waals surface area (Å²) in [6, 6.07) is 0. The largest absolute Gasteiger partial charge is 0.393 e. The Balaban J connectivity index is 2.72. The van der Waals surface area contributed by atoms with Crippen molar-refractivity contribution in [3.05, 3.63) is 11.0 Å². The number of hydrogen-bond donors (Lipinski definition) is 2. The topological polar surface area (TPSA) is 63.8 Å². The van der Waals surface area contributed by atoms with E-state index in [9.17, 15) is 0 Å². The predicted octanol–water partition coefficient (Wildman–Crippen LogP) is 3.51. The van der Waals surface area contributed by atoms with Crippen molar-refractivity contribution in [1.29, 1.82) is 0 Å². The van der Waals surface area contributed by atoms with Gasteiger partial charge in [-0.2, -0.15) is 0 Å². The second-order valence-electron chi connectivity index (χ2n) is 4.92. The van der Waals surface area contributed by atoms with Crippen LogP contribution in [0, 0.1) is 5.92 Å². The van der Waals surface area contributed by atoms with Crippen molar-refractivity contribution in [3.8, 4) is 0 Å². The van der Waals surface area contributed by atoms with Gasteiger partial charge in [0.1, 0.15) is 11.5 Å². The first-order valence-electron chi connectivity index (χ1n) is 6.60. The molecule has 0 aromatic carbocycles. The molecule has 1 aromatic rings. The summed E-state index contributed by atoms with van der Waals surface area (Å²) in [7, 11) is 0. The van der Waals surface area contributed by atoms with Crippen molar-refractivity contribution in [2.75, 3.05) is 17.6 Å². The Hall–Kier alpha value is -1.03. The molecule has 0 radical (unpaired) electrons. The van der Waals surface area contributed by atoms with E-state index in [1.54, 1.807) is 0 Å². The van der Waals surface area contributed by atoms with Crippen molar-refractivity contribution in [3.63, 3.8) is 0 Å². The predicted molar refractivity (Wildman–Crippen MR) is 78.0 cm³/mol. The number of hydrogen-bond acceptors (Lipinski definition) is 4. The second kappa shape index (κ2) is 7.41. The van der Waals surface area contributed by atoms with Crippen molar-refractivity contribution in [2.24, 2.45) is 5.92 Å². The Bertz CT molecular complexity index is 379. The minimum absolute atomic E-state index is 0.346. The van der Waals surface area contributed by atoms with Crippen molar-refractivity contribution in [2.45, 2.75) is 46.5 Å². The molecule has 3 N–H and O–H groups in total. The van der Waals surface area contributed by atoms with Crippen molar-refractivity contribution in [1.82, 2.24) is 9.97 Å².